The van der Waals surface area contributed by atoms with Gasteiger partial charge >= 0.3 is 12.1 Å². The van der Waals surface area contributed by atoms with Crippen LogP contribution in [0.5, 0.6) is 0 Å². The van der Waals surface area contributed by atoms with Gasteiger partial charge in [-0.2, -0.15) is 0 Å². The summed E-state index contributed by atoms with van der Waals surface area (Å²) >= 11 is 0. The van der Waals surface area contributed by atoms with E-state index >= 15 is 0 Å². The molecule has 0 aliphatic heterocycles. The fraction of sp³-hybridized carbons (Fsp3) is 0.375. The number of carboxylic acids is 1. The monoisotopic (exact) mass is 440 g/mol. The molecule has 8 nitrogen and oxygen atoms in total. The van der Waals surface area contributed by atoms with Crippen LogP contribution in [0.3, 0.4) is 0 Å². The van der Waals surface area contributed by atoms with Crippen LogP contribution >= 0.6 is 0 Å². The number of carbonyl (C=O) groups is 3. The maximum atomic E-state index is 12.6. The Morgan fingerprint density at radius 2 is 1.62 bits per heavy atom. The van der Waals surface area contributed by atoms with E-state index in [1.807, 2.05) is 50.2 Å². The van der Waals surface area contributed by atoms with Gasteiger partial charge in [-0.25, -0.2) is 9.59 Å². The molecule has 0 saturated carbocycles. The average molecular weight is 440 g/mol. The number of hydrogen-bond donors (Lipinski definition) is 3. The van der Waals surface area contributed by atoms with Crippen LogP contribution in [0, 0.1) is 5.92 Å². The molecule has 0 fully saturated rings. The molecule has 3 rings (SSSR count). The lowest BCUT2D eigenvalue weighted by molar-refractivity contribution is -0.143. The highest BCUT2D eigenvalue weighted by molar-refractivity contribution is 5.86. The Hall–Kier alpha value is -3.39. The van der Waals surface area contributed by atoms with Crippen LogP contribution in [-0.4, -0.2) is 49.1 Å². The number of amides is 2. The van der Waals surface area contributed by atoms with Crippen molar-refractivity contribution in [2.45, 2.75) is 32.2 Å². The predicted octanol–water partition coefficient (Wildman–Crippen LogP) is 3.11. The van der Waals surface area contributed by atoms with Gasteiger partial charge in [-0.15, -0.1) is 0 Å². The Bertz CT molecular complexity index is 931. The smallest absolute Gasteiger partial charge is 0.407 e. The van der Waals surface area contributed by atoms with E-state index in [4.69, 9.17) is 14.6 Å². The molecule has 0 aromatic heterocycles. The predicted molar refractivity (Wildman–Crippen MR) is 118 cm³/mol. The topological polar surface area (TPSA) is 114 Å². The van der Waals surface area contributed by atoms with Gasteiger partial charge < -0.3 is 25.2 Å². The van der Waals surface area contributed by atoms with Gasteiger partial charge in [0, 0.05) is 5.92 Å². The van der Waals surface area contributed by atoms with E-state index in [0.29, 0.717) is 6.42 Å². The number of alkyl carbamates (subject to hydrolysis) is 1. The first kappa shape index (κ1) is 23.3. The van der Waals surface area contributed by atoms with Gasteiger partial charge in [0.25, 0.3) is 0 Å². The van der Waals surface area contributed by atoms with Gasteiger partial charge in [0.2, 0.25) is 5.91 Å². The number of rotatable bonds is 10. The second-order valence-electron chi connectivity index (χ2n) is 7.76. The van der Waals surface area contributed by atoms with Gasteiger partial charge in [-0.1, -0.05) is 68.8 Å². The zero-order valence-corrected chi connectivity index (χ0v) is 18.2. The summed E-state index contributed by atoms with van der Waals surface area (Å²) < 4.78 is 10.4. The molecule has 1 aliphatic carbocycles. The lowest BCUT2D eigenvalue weighted by Crippen LogP contribution is -2.51. The van der Waals surface area contributed by atoms with Crippen molar-refractivity contribution in [3.8, 4) is 11.1 Å². The number of fused-ring (bicyclic) bond motifs is 3. The van der Waals surface area contributed by atoms with Crippen molar-refractivity contribution < 1.29 is 29.0 Å². The standard InChI is InChI=1S/C24H28N2O6/c1-3-15(2)22(23(29)25-14-31-13-21(27)28)26-24(30)32-12-20-18-10-6-4-8-16(18)17-9-5-7-11-19(17)20/h4-11,15,20,22H,3,12-14H2,1-2H3,(H,25,29)(H,26,30)(H,27,28). The van der Waals surface area contributed by atoms with Gasteiger partial charge in [0.15, 0.2) is 0 Å². The first-order valence-electron chi connectivity index (χ1n) is 10.6. The van der Waals surface area contributed by atoms with Crippen LogP contribution in [0.1, 0.15) is 37.3 Å². The highest BCUT2D eigenvalue weighted by atomic mass is 16.5. The molecule has 3 N–H and O–H groups in total. The molecule has 0 radical (unpaired) electrons. The number of aliphatic carboxylic acids is 1. The Labute approximate surface area is 186 Å². The summed E-state index contributed by atoms with van der Waals surface area (Å²) in [7, 11) is 0. The molecule has 2 aromatic rings. The summed E-state index contributed by atoms with van der Waals surface area (Å²) in [4.78, 5) is 35.6. The maximum Gasteiger partial charge on any atom is 0.407 e. The summed E-state index contributed by atoms with van der Waals surface area (Å²) in [6, 6.07) is 15.3. The van der Waals surface area contributed by atoms with Gasteiger partial charge in [-0.3, -0.25) is 4.79 Å². The van der Waals surface area contributed by atoms with Crippen molar-refractivity contribution in [1.29, 1.82) is 0 Å². The molecule has 170 valence electrons. The van der Waals surface area contributed by atoms with Crippen molar-refractivity contribution >= 4 is 18.0 Å². The van der Waals surface area contributed by atoms with Crippen LogP contribution in [0.15, 0.2) is 48.5 Å². The minimum atomic E-state index is -1.13. The molecule has 0 heterocycles. The van der Waals surface area contributed by atoms with Crippen molar-refractivity contribution in [1.82, 2.24) is 10.6 Å². The molecule has 1 aliphatic rings. The lowest BCUT2D eigenvalue weighted by atomic mass is 9.98. The average Bonchev–Trinajstić information content (AvgIpc) is 3.12. The number of nitrogens with one attached hydrogen (secondary N) is 2. The molecule has 2 aromatic carbocycles. The summed E-state index contributed by atoms with van der Waals surface area (Å²) in [5.41, 5.74) is 4.48. The first-order valence-corrected chi connectivity index (χ1v) is 10.6. The van der Waals surface area contributed by atoms with Crippen LogP contribution in [0.4, 0.5) is 4.79 Å². The van der Waals surface area contributed by atoms with E-state index < -0.39 is 30.6 Å². The second kappa shape index (κ2) is 10.8. The van der Waals surface area contributed by atoms with Crippen LogP contribution in [0.2, 0.25) is 0 Å². The third-order valence-electron chi connectivity index (χ3n) is 5.69. The van der Waals surface area contributed by atoms with Crippen molar-refractivity contribution in [2.75, 3.05) is 19.9 Å². The SMILES string of the molecule is CCC(C)C(NC(=O)OCC1c2ccccc2-c2ccccc21)C(=O)NCOCC(=O)O. The first-order chi connectivity index (χ1) is 15.4. The summed E-state index contributed by atoms with van der Waals surface area (Å²) in [6.07, 6.45) is -0.0312. The van der Waals surface area contributed by atoms with Crippen LogP contribution in [0.25, 0.3) is 11.1 Å². The fourth-order valence-electron chi connectivity index (χ4n) is 3.84. The summed E-state index contributed by atoms with van der Waals surface area (Å²) in [6.45, 7) is 3.12. The van der Waals surface area contributed by atoms with E-state index in [-0.39, 0.29) is 25.2 Å². The normalized spacial score (nSPS) is 14.1. The Kier molecular flexibility index (Phi) is 7.83. The molecule has 0 spiro atoms. The Morgan fingerprint density at radius 1 is 1.03 bits per heavy atom. The third-order valence-corrected chi connectivity index (χ3v) is 5.69. The largest absolute Gasteiger partial charge is 0.480 e. The van der Waals surface area contributed by atoms with E-state index in [2.05, 4.69) is 22.8 Å². The molecule has 2 amide bonds. The van der Waals surface area contributed by atoms with Gasteiger partial charge in [0.1, 0.15) is 26.0 Å². The zero-order valence-electron chi connectivity index (χ0n) is 18.2. The lowest BCUT2D eigenvalue weighted by Gasteiger charge is -2.23. The number of ether oxygens (including phenoxy) is 2. The van der Waals surface area contributed by atoms with E-state index in [0.717, 1.165) is 22.3 Å². The van der Waals surface area contributed by atoms with Crippen molar-refractivity contribution in [3.05, 3.63) is 59.7 Å². The quantitative estimate of drug-likeness (QED) is 0.386. The highest BCUT2D eigenvalue weighted by Crippen LogP contribution is 2.44. The van der Waals surface area contributed by atoms with E-state index in [9.17, 15) is 14.4 Å². The molecule has 2 atom stereocenters. The number of benzene rings is 2. The van der Waals surface area contributed by atoms with Gasteiger partial charge in [-0.05, 0) is 28.2 Å². The highest BCUT2D eigenvalue weighted by Gasteiger charge is 2.30. The fourth-order valence-corrected chi connectivity index (χ4v) is 3.84. The molecule has 0 bridgehead atoms. The summed E-state index contributed by atoms with van der Waals surface area (Å²) in [5.74, 6) is -1.82. The number of carbonyl (C=O) groups excluding carboxylic acids is 2. The third kappa shape index (κ3) is 5.45. The van der Waals surface area contributed by atoms with E-state index in [1.165, 1.54) is 0 Å². The van der Waals surface area contributed by atoms with Crippen molar-refractivity contribution in [2.24, 2.45) is 5.92 Å². The van der Waals surface area contributed by atoms with Crippen LogP contribution in [-0.2, 0) is 19.1 Å². The minimum absolute atomic E-state index is 0.0755. The van der Waals surface area contributed by atoms with Crippen molar-refractivity contribution in [3.63, 3.8) is 0 Å². The molecule has 2 unspecified atom stereocenters. The Morgan fingerprint density at radius 3 is 2.19 bits per heavy atom. The molecule has 8 heteroatoms. The molecular weight excluding hydrogens is 412 g/mol. The van der Waals surface area contributed by atoms with Gasteiger partial charge in [0.05, 0.1) is 0 Å². The molecule has 32 heavy (non-hydrogen) atoms. The van der Waals surface area contributed by atoms with Crippen LogP contribution < -0.4 is 10.6 Å². The molecular formula is C24H28N2O6. The zero-order chi connectivity index (χ0) is 23.1. The molecule has 0 saturated heterocycles. The maximum absolute atomic E-state index is 12.6. The Balaban J connectivity index is 1.61. The second-order valence-corrected chi connectivity index (χ2v) is 7.76. The number of hydrogen-bond acceptors (Lipinski definition) is 5. The minimum Gasteiger partial charge on any atom is -0.480 e. The van der Waals surface area contributed by atoms with E-state index in [1.54, 1.807) is 0 Å². The number of carboxylic acid groups (broad SMARTS) is 1. The summed E-state index contributed by atoms with van der Waals surface area (Å²) in [5, 5.41) is 13.7.